The molecule has 0 amide bonds. The minimum atomic E-state index is -3.38. The Morgan fingerprint density at radius 3 is 2.09 bits per heavy atom. The van der Waals surface area contributed by atoms with Gasteiger partial charge >= 0.3 is 0 Å². The van der Waals surface area contributed by atoms with Crippen LogP contribution in [0.2, 0.25) is 5.02 Å². The molecule has 0 bridgehead atoms. The normalized spacial score (nSPS) is 16.7. The number of ether oxygens (including phenoxy) is 2. The Bertz CT molecular complexity index is 658. The van der Waals surface area contributed by atoms with E-state index in [-0.39, 0.29) is 0 Å². The van der Waals surface area contributed by atoms with Gasteiger partial charge in [-0.25, -0.2) is 0 Å². The number of hydrogen-bond donors (Lipinski definition) is 0. The Hall–Kier alpha value is -1.22. The molecular formula is C14H22ClN3O4S. The lowest BCUT2D eigenvalue weighted by Gasteiger charge is -2.37. The van der Waals surface area contributed by atoms with Crippen molar-refractivity contribution >= 4 is 27.5 Å². The predicted octanol–water partition coefficient (Wildman–Crippen LogP) is 1.29. The Kier molecular flexibility index (Phi) is 5.61. The first kappa shape index (κ1) is 18.1. The Balaban J connectivity index is 2.20. The molecule has 0 N–H and O–H groups in total. The van der Waals surface area contributed by atoms with Crippen LogP contribution < -0.4 is 14.4 Å². The average Bonchev–Trinajstić information content (AvgIpc) is 2.54. The van der Waals surface area contributed by atoms with E-state index in [1.165, 1.54) is 22.7 Å². The molecule has 0 atom stereocenters. The molecule has 0 aromatic heterocycles. The monoisotopic (exact) mass is 363 g/mol. The lowest BCUT2D eigenvalue weighted by atomic mass is 10.2. The van der Waals surface area contributed by atoms with Gasteiger partial charge in [0.05, 0.1) is 24.9 Å². The molecule has 1 fully saturated rings. The Morgan fingerprint density at radius 1 is 1.04 bits per heavy atom. The summed E-state index contributed by atoms with van der Waals surface area (Å²) in [5, 5.41) is 0.474. The highest BCUT2D eigenvalue weighted by molar-refractivity contribution is 7.86. The van der Waals surface area contributed by atoms with Gasteiger partial charge in [0.1, 0.15) is 11.5 Å². The van der Waals surface area contributed by atoms with Crippen molar-refractivity contribution in [2.75, 3.05) is 59.4 Å². The van der Waals surface area contributed by atoms with Gasteiger partial charge in [-0.15, -0.1) is 0 Å². The molecule has 1 heterocycles. The third kappa shape index (κ3) is 3.65. The smallest absolute Gasteiger partial charge is 0.281 e. The van der Waals surface area contributed by atoms with Crippen LogP contribution in [0.3, 0.4) is 0 Å². The van der Waals surface area contributed by atoms with Gasteiger partial charge in [-0.3, -0.25) is 0 Å². The Morgan fingerprint density at radius 2 is 1.61 bits per heavy atom. The summed E-state index contributed by atoms with van der Waals surface area (Å²) in [6, 6.07) is 3.52. The van der Waals surface area contributed by atoms with Crippen LogP contribution in [-0.2, 0) is 10.2 Å². The van der Waals surface area contributed by atoms with Gasteiger partial charge in [0.25, 0.3) is 10.2 Å². The second kappa shape index (κ2) is 7.12. The number of nitrogens with zero attached hydrogens (tertiary/aromatic N) is 3. The van der Waals surface area contributed by atoms with E-state index in [1.54, 1.807) is 20.3 Å². The van der Waals surface area contributed by atoms with Gasteiger partial charge in [-0.2, -0.15) is 17.0 Å². The maximum Gasteiger partial charge on any atom is 0.281 e. The van der Waals surface area contributed by atoms with Gasteiger partial charge in [0, 0.05) is 52.4 Å². The van der Waals surface area contributed by atoms with Gasteiger partial charge in [-0.05, 0) is 0 Å². The zero-order valence-electron chi connectivity index (χ0n) is 13.7. The van der Waals surface area contributed by atoms with Gasteiger partial charge in [0.2, 0.25) is 0 Å². The molecule has 1 aromatic rings. The van der Waals surface area contributed by atoms with Crippen molar-refractivity contribution in [1.82, 2.24) is 8.61 Å². The minimum absolute atomic E-state index is 0.411. The molecule has 1 saturated heterocycles. The quantitative estimate of drug-likeness (QED) is 0.788. The molecule has 130 valence electrons. The molecule has 1 aromatic carbocycles. The van der Waals surface area contributed by atoms with E-state index in [9.17, 15) is 8.42 Å². The Labute approximate surface area is 142 Å². The zero-order valence-corrected chi connectivity index (χ0v) is 15.3. The van der Waals surface area contributed by atoms with Crippen molar-refractivity contribution in [3.8, 4) is 11.5 Å². The number of methoxy groups -OCH3 is 2. The number of halogens is 1. The molecule has 0 saturated carbocycles. The van der Waals surface area contributed by atoms with Crippen LogP contribution in [0.25, 0.3) is 0 Å². The highest BCUT2D eigenvalue weighted by Gasteiger charge is 2.29. The van der Waals surface area contributed by atoms with Crippen LogP contribution in [0, 0.1) is 0 Å². The SMILES string of the molecule is COc1cc(N2CCN(S(=O)(=O)N(C)C)CC2)c(OC)cc1Cl. The number of hydrogen-bond acceptors (Lipinski definition) is 5. The molecule has 2 rings (SSSR count). The molecule has 0 radical (unpaired) electrons. The van der Waals surface area contributed by atoms with E-state index in [0.717, 1.165) is 5.69 Å². The van der Waals surface area contributed by atoms with E-state index >= 15 is 0 Å². The first-order valence-corrected chi connectivity index (χ1v) is 8.92. The fraction of sp³-hybridized carbons (Fsp3) is 0.571. The fourth-order valence-electron chi connectivity index (χ4n) is 2.48. The third-order valence-electron chi connectivity index (χ3n) is 3.82. The average molecular weight is 364 g/mol. The molecule has 0 aliphatic carbocycles. The van der Waals surface area contributed by atoms with E-state index in [4.69, 9.17) is 21.1 Å². The van der Waals surface area contributed by atoms with Gasteiger partial charge in [0.15, 0.2) is 0 Å². The molecule has 23 heavy (non-hydrogen) atoms. The summed E-state index contributed by atoms with van der Waals surface area (Å²) in [6.45, 7) is 1.95. The van der Waals surface area contributed by atoms with E-state index in [0.29, 0.717) is 42.7 Å². The second-order valence-corrected chi connectivity index (χ2v) is 7.88. The number of benzene rings is 1. The van der Waals surface area contributed by atoms with Crippen molar-refractivity contribution in [3.63, 3.8) is 0 Å². The fourth-order valence-corrected chi connectivity index (χ4v) is 3.80. The lowest BCUT2D eigenvalue weighted by Crippen LogP contribution is -2.51. The van der Waals surface area contributed by atoms with Crippen molar-refractivity contribution in [2.45, 2.75) is 0 Å². The number of rotatable bonds is 5. The number of piperazine rings is 1. The van der Waals surface area contributed by atoms with E-state index in [2.05, 4.69) is 4.90 Å². The molecule has 0 spiro atoms. The third-order valence-corrected chi connectivity index (χ3v) is 6.06. The first-order chi connectivity index (χ1) is 10.8. The van der Waals surface area contributed by atoms with Crippen LogP contribution in [0.5, 0.6) is 11.5 Å². The zero-order chi connectivity index (χ0) is 17.2. The molecule has 7 nitrogen and oxygen atoms in total. The maximum absolute atomic E-state index is 12.2. The summed E-state index contributed by atoms with van der Waals surface area (Å²) >= 11 is 6.12. The highest BCUT2D eigenvalue weighted by atomic mass is 35.5. The summed E-state index contributed by atoms with van der Waals surface area (Å²) in [4.78, 5) is 2.07. The molecule has 1 aliphatic heterocycles. The summed E-state index contributed by atoms with van der Waals surface area (Å²) in [5.74, 6) is 1.20. The minimum Gasteiger partial charge on any atom is -0.495 e. The number of anilines is 1. The van der Waals surface area contributed by atoms with Crippen LogP contribution in [-0.4, -0.2) is 71.5 Å². The van der Waals surface area contributed by atoms with Crippen molar-refractivity contribution < 1.29 is 17.9 Å². The van der Waals surface area contributed by atoms with Gasteiger partial charge < -0.3 is 14.4 Å². The van der Waals surface area contributed by atoms with Crippen molar-refractivity contribution in [1.29, 1.82) is 0 Å². The van der Waals surface area contributed by atoms with Crippen LogP contribution in [0.4, 0.5) is 5.69 Å². The highest BCUT2D eigenvalue weighted by Crippen LogP contribution is 2.38. The molecular weight excluding hydrogens is 342 g/mol. The standard InChI is InChI=1S/C14H22ClN3O4S/c1-16(2)23(19,20)18-7-5-17(6-8-18)12-10-13(21-3)11(15)9-14(12)22-4/h9-10H,5-8H2,1-4H3. The summed E-state index contributed by atoms with van der Waals surface area (Å²) in [7, 11) is 2.83. The summed E-state index contributed by atoms with van der Waals surface area (Å²) < 4.78 is 37.7. The van der Waals surface area contributed by atoms with Crippen LogP contribution >= 0.6 is 11.6 Å². The molecule has 1 aliphatic rings. The van der Waals surface area contributed by atoms with Crippen molar-refractivity contribution in [3.05, 3.63) is 17.2 Å². The lowest BCUT2D eigenvalue weighted by molar-refractivity contribution is 0.352. The summed E-state index contributed by atoms with van der Waals surface area (Å²) in [5.41, 5.74) is 0.843. The largest absolute Gasteiger partial charge is 0.495 e. The molecule has 9 heteroatoms. The van der Waals surface area contributed by atoms with E-state index < -0.39 is 10.2 Å². The van der Waals surface area contributed by atoms with Crippen LogP contribution in [0.1, 0.15) is 0 Å². The predicted molar refractivity (Wildman–Crippen MR) is 90.9 cm³/mol. The van der Waals surface area contributed by atoms with E-state index in [1.807, 2.05) is 6.07 Å². The summed E-state index contributed by atoms with van der Waals surface area (Å²) in [6.07, 6.45) is 0. The first-order valence-electron chi connectivity index (χ1n) is 7.15. The van der Waals surface area contributed by atoms with Gasteiger partial charge in [-0.1, -0.05) is 11.6 Å². The second-order valence-electron chi connectivity index (χ2n) is 5.33. The topological polar surface area (TPSA) is 62.3 Å². The van der Waals surface area contributed by atoms with Crippen LogP contribution in [0.15, 0.2) is 12.1 Å². The maximum atomic E-state index is 12.2. The molecule has 0 unspecified atom stereocenters. The van der Waals surface area contributed by atoms with Crippen molar-refractivity contribution in [2.24, 2.45) is 0 Å².